The van der Waals surface area contributed by atoms with E-state index in [1.54, 1.807) is 0 Å². The van der Waals surface area contributed by atoms with Crippen molar-refractivity contribution in [3.8, 4) is 0 Å². The van der Waals surface area contributed by atoms with E-state index in [9.17, 15) is 0 Å². The van der Waals surface area contributed by atoms with Gasteiger partial charge in [-0.1, -0.05) is 6.08 Å². The molecule has 3 N–H and O–H groups in total. The van der Waals surface area contributed by atoms with Crippen LogP contribution in [0, 0.1) is 0 Å². The third-order valence-corrected chi connectivity index (χ3v) is 1.91. The van der Waals surface area contributed by atoms with E-state index in [0.717, 1.165) is 19.4 Å². The summed E-state index contributed by atoms with van der Waals surface area (Å²) in [6, 6.07) is 2.08. The molecule has 0 saturated carbocycles. The second-order valence-electron chi connectivity index (χ2n) is 2.92. The molecule has 0 saturated heterocycles. The van der Waals surface area contributed by atoms with Crippen molar-refractivity contribution in [2.75, 3.05) is 6.54 Å². The third-order valence-electron chi connectivity index (χ3n) is 1.91. The quantitative estimate of drug-likeness (QED) is 0.658. The Bertz CT molecular complexity index is 234. The van der Waals surface area contributed by atoms with E-state index >= 15 is 0 Å². The molecule has 66 valence electrons. The van der Waals surface area contributed by atoms with Crippen LogP contribution in [0.3, 0.4) is 0 Å². The zero-order valence-electron chi connectivity index (χ0n) is 7.51. The minimum absolute atomic E-state index is 0.775. The molecule has 0 spiro atoms. The molecule has 2 nitrogen and oxygen atoms in total. The predicted octanol–water partition coefficient (Wildman–Crippen LogP) is 2.16. The summed E-state index contributed by atoms with van der Waals surface area (Å²) in [5.74, 6) is 0. The van der Waals surface area contributed by atoms with Gasteiger partial charge in [0.05, 0.1) is 0 Å². The molecule has 0 amide bonds. The van der Waals surface area contributed by atoms with Gasteiger partial charge in [-0.15, -0.1) is 0 Å². The smallest absolute Gasteiger partial charge is 0.00806 e. The van der Waals surface area contributed by atoms with E-state index < -0.39 is 0 Å². The van der Waals surface area contributed by atoms with E-state index in [1.807, 2.05) is 12.4 Å². The summed E-state index contributed by atoms with van der Waals surface area (Å²) in [5.41, 5.74) is 7.99. The summed E-state index contributed by atoms with van der Waals surface area (Å²) in [7, 11) is 0. The Kier molecular flexibility index (Phi) is 3.61. The van der Waals surface area contributed by atoms with E-state index in [1.165, 1.54) is 11.1 Å². The first-order chi connectivity index (χ1) is 5.84. The molecular formula is C10H16N2. The van der Waals surface area contributed by atoms with Gasteiger partial charge in [0.15, 0.2) is 0 Å². The van der Waals surface area contributed by atoms with Crippen LogP contribution < -0.4 is 5.73 Å². The molecule has 12 heavy (non-hydrogen) atoms. The first kappa shape index (κ1) is 9.07. The first-order valence-electron chi connectivity index (χ1n) is 4.34. The topological polar surface area (TPSA) is 41.8 Å². The van der Waals surface area contributed by atoms with Gasteiger partial charge in [0.25, 0.3) is 0 Å². The van der Waals surface area contributed by atoms with Crippen molar-refractivity contribution in [1.82, 2.24) is 4.98 Å². The minimum Gasteiger partial charge on any atom is -0.367 e. The van der Waals surface area contributed by atoms with Gasteiger partial charge in [0, 0.05) is 12.4 Å². The van der Waals surface area contributed by atoms with Crippen LogP contribution in [-0.2, 0) is 0 Å². The first-order valence-corrected chi connectivity index (χ1v) is 4.34. The standard InChI is InChI=1S/C10H16N2/c1-9(4-2-3-6-11)10-5-7-12-8-10/h4-5,7-8,12H,2-3,6,11H2,1H3/b9-4+. The van der Waals surface area contributed by atoms with Gasteiger partial charge in [-0.2, -0.15) is 0 Å². The lowest BCUT2D eigenvalue weighted by atomic mass is 10.1. The molecule has 1 aromatic rings. The molecule has 0 aliphatic heterocycles. The van der Waals surface area contributed by atoms with Gasteiger partial charge in [-0.25, -0.2) is 0 Å². The second kappa shape index (κ2) is 4.78. The molecule has 0 aliphatic rings. The third kappa shape index (κ3) is 2.55. The van der Waals surface area contributed by atoms with Gasteiger partial charge >= 0.3 is 0 Å². The van der Waals surface area contributed by atoms with Crippen molar-refractivity contribution in [2.24, 2.45) is 5.73 Å². The average Bonchev–Trinajstić information content (AvgIpc) is 2.56. The van der Waals surface area contributed by atoms with E-state index in [0.29, 0.717) is 0 Å². The lowest BCUT2D eigenvalue weighted by molar-refractivity contribution is 0.855. The Hall–Kier alpha value is -1.02. The van der Waals surface area contributed by atoms with Crippen molar-refractivity contribution >= 4 is 5.57 Å². The predicted molar refractivity (Wildman–Crippen MR) is 52.7 cm³/mol. The molecule has 0 atom stereocenters. The number of hydrogen-bond acceptors (Lipinski definition) is 1. The fraction of sp³-hybridized carbons (Fsp3) is 0.400. The van der Waals surface area contributed by atoms with Crippen LogP contribution in [0.2, 0.25) is 0 Å². The maximum atomic E-state index is 5.40. The molecule has 2 heteroatoms. The van der Waals surface area contributed by atoms with E-state index in [2.05, 4.69) is 24.1 Å². The summed E-state index contributed by atoms with van der Waals surface area (Å²) >= 11 is 0. The SMILES string of the molecule is C/C(=C\CCCN)c1cc[nH]c1. The second-order valence-corrected chi connectivity index (χ2v) is 2.92. The molecule has 0 unspecified atom stereocenters. The summed E-state index contributed by atoms with van der Waals surface area (Å²) in [6.45, 7) is 2.90. The van der Waals surface area contributed by atoms with Crippen LogP contribution in [0.1, 0.15) is 25.3 Å². The Labute approximate surface area is 73.5 Å². The zero-order chi connectivity index (χ0) is 8.81. The lowest BCUT2D eigenvalue weighted by Gasteiger charge is -1.96. The number of aromatic nitrogens is 1. The van der Waals surface area contributed by atoms with Crippen molar-refractivity contribution in [2.45, 2.75) is 19.8 Å². The minimum atomic E-state index is 0.775. The van der Waals surface area contributed by atoms with Crippen LogP contribution in [0.5, 0.6) is 0 Å². The van der Waals surface area contributed by atoms with Crippen molar-refractivity contribution in [3.05, 3.63) is 30.1 Å². The van der Waals surface area contributed by atoms with Crippen molar-refractivity contribution in [1.29, 1.82) is 0 Å². The van der Waals surface area contributed by atoms with E-state index in [-0.39, 0.29) is 0 Å². The van der Waals surface area contributed by atoms with Crippen molar-refractivity contribution in [3.63, 3.8) is 0 Å². The van der Waals surface area contributed by atoms with Crippen LogP contribution >= 0.6 is 0 Å². The highest BCUT2D eigenvalue weighted by molar-refractivity contribution is 5.62. The van der Waals surface area contributed by atoms with Crippen LogP contribution in [-0.4, -0.2) is 11.5 Å². The summed E-state index contributed by atoms with van der Waals surface area (Å²) in [5, 5.41) is 0. The number of allylic oxidation sites excluding steroid dienone is 2. The highest BCUT2D eigenvalue weighted by atomic mass is 14.6. The van der Waals surface area contributed by atoms with Gasteiger partial charge < -0.3 is 10.7 Å². The number of aromatic amines is 1. The highest BCUT2D eigenvalue weighted by Crippen LogP contribution is 2.12. The number of H-pyrrole nitrogens is 1. The van der Waals surface area contributed by atoms with Gasteiger partial charge in [-0.3, -0.25) is 0 Å². The molecule has 1 aromatic heterocycles. The maximum absolute atomic E-state index is 5.40. The molecule has 0 radical (unpaired) electrons. The Morgan fingerprint density at radius 2 is 2.50 bits per heavy atom. The largest absolute Gasteiger partial charge is 0.367 e. The Morgan fingerprint density at radius 1 is 1.67 bits per heavy atom. The molecule has 1 heterocycles. The summed E-state index contributed by atoms with van der Waals surface area (Å²) < 4.78 is 0. The zero-order valence-corrected chi connectivity index (χ0v) is 7.51. The molecular weight excluding hydrogens is 148 g/mol. The molecule has 0 aliphatic carbocycles. The molecule has 0 fully saturated rings. The normalized spacial score (nSPS) is 12.0. The average molecular weight is 164 g/mol. The summed E-state index contributed by atoms with van der Waals surface area (Å²) in [4.78, 5) is 3.04. The molecule has 0 aromatic carbocycles. The lowest BCUT2D eigenvalue weighted by Crippen LogP contribution is -1.96. The number of hydrogen-bond donors (Lipinski definition) is 2. The van der Waals surface area contributed by atoms with Crippen LogP contribution in [0.15, 0.2) is 24.5 Å². The fourth-order valence-corrected chi connectivity index (χ4v) is 1.12. The Balaban J connectivity index is 2.47. The fourth-order valence-electron chi connectivity index (χ4n) is 1.12. The Morgan fingerprint density at radius 3 is 3.08 bits per heavy atom. The van der Waals surface area contributed by atoms with Crippen molar-refractivity contribution < 1.29 is 0 Å². The van der Waals surface area contributed by atoms with Gasteiger partial charge in [-0.05, 0) is 43.5 Å². The number of nitrogens with two attached hydrogens (primary N) is 1. The van der Waals surface area contributed by atoms with Crippen LogP contribution in [0.25, 0.3) is 5.57 Å². The monoisotopic (exact) mass is 164 g/mol. The maximum Gasteiger partial charge on any atom is 0.00806 e. The number of unbranched alkanes of at least 4 members (excludes halogenated alkanes) is 1. The van der Waals surface area contributed by atoms with Gasteiger partial charge in [0.2, 0.25) is 0 Å². The number of rotatable bonds is 4. The molecule has 1 rings (SSSR count). The summed E-state index contributed by atoms with van der Waals surface area (Å²) in [6.07, 6.45) is 8.33. The van der Waals surface area contributed by atoms with E-state index in [4.69, 9.17) is 5.73 Å². The van der Waals surface area contributed by atoms with Gasteiger partial charge in [0.1, 0.15) is 0 Å². The molecule has 0 bridgehead atoms. The highest BCUT2D eigenvalue weighted by Gasteiger charge is 1.93. The number of nitrogens with one attached hydrogen (secondary N) is 1. The van der Waals surface area contributed by atoms with Crippen LogP contribution in [0.4, 0.5) is 0 Å².